The number of aromatic nitrogens is 1. The van der Waals surface area contributed by atoms with Gasteiger partial charge in [-0.25, -0.2) is 4.98 Å². The van der Waals surface area contributed by atoms with E-state index in [1.54, 1.807) is 18.3 Å². The molecule has 0 aliphatic carbocycles. The van der Waals surface area contributed by atoms with Crippen LogP contribution in [0.1, 0.15) is 29.6 Å². The molecule has 1 unspecified atom stereocenters. The van der Waals surface area contributed by atoms with E-state index in [9.17, 15) is 9.59 Å². The normalized spacial score (nSPS) is 19.8. The Morgan fingerprint density at radius 3 is 3.11 bits per heavy atom. The Balaban J connectivity index is 2.06. The van der Waals surface area contributed by atoms with Gasteiger partial charge in [-0.1, -0.05) is 0 Å². The van der Waals surface area contributed by atoms with E-state index in [-0.39, 0.29) is 11.8 Å². The predicted molar refractivity (Wildman–Crippen MR) is 70.1 cm³/mol. The Bertz CT molecular complexity index is 464. The van der Waals surface area contributed by atoms with Gasteiger partial charge in [0.05, 0.1) is 5.56 Å². The Hall–Kier alpha value is -1.43. The maximum atomic E-state index is 12.0. The fourth-order valence-corrected chi connectivity index (χ4v) is 2.30. The Morgan fingerprint density at radius 2 is 2.33 bits per heavy atom. The summed E-state index contributed by atoms with van der Waals surface area (Å²) in [6.07, 6.45) is 4.15. The molecule has 1 aliphatic rings. The SMILES string of the molecule is O=C(NC1CCCCNC1=O)c1cccnc1Br. The summed E-state index contributed by atoms with van der Waals surface area (Å²) in [7, 11) is 0. The van der Waals surface area contributed by atoms with Crippen molar-refractivity contribution in [1.82, 2.24) is 15.6 Å². The average molecular weight is 312 g/mol. The van der Waals surface area contributed by atoms with Crippen LogP contribution in [0.4, 0.5) is 0 Å². The second-order valence-corrected chi connectivity index (χ2v) is 4.91. The number of hydrogen-bond acceptors (Lipinski definition) is 3. The van der Waals surface area contributed by atoms with Gasteiger partial charge in [-0.05, 0) is 47.3 Å². The molecular formula is C12H14BrN3O2. The summed E-state index contributed by atoms with van der Waals surface area (Å²) >= 11 is 3.22. The van der Waals surface area contributed by atoms with Crippen molar-refractivity contribution in [3.8, 4) is 0 Å². The minimum absolute atomic E-state index is 0.110. The molecule has 2 amide bonds. The van der Waals surface area contributed by atoms with Crippen LogP contribution in [0.25, 0.3) is 0 Å². The molecule has 0 aromatic carbocycles. The summed E-state index contributed by atoms with van der Waals surface area (Å²) in [6.45, 7) is 0.682. The van der Waals surface area contributed by atoms with E-state index in [1.165, 1.54) is 0 Å². The van der Waals surface area contributed by atoms with Crippen molar-refractivity contribution in [2.24, 2.45) is 0 Å². The molecule has 18 heavy (non-hydrogen) atoms. The van der Waals surface area contributed by atoms with Gasteiger partial charge in [0.1, 0.15) is 10.6 Å². The number of pyridine rings is 1. The highest BCUT2D eigenvalue weighted by molar-refractivity contribution is 9.10. The van der Waals surface area contributed by atoms with Crippen molar-refractivity contribution in [1.29, 1.82) is 0 Å². The zero-order valence-corrected chi connectivity index (χ0v) is 11.4. The average Bonchev–Trinajstić information content (AvgIpc) is 2.55. The lowest BCUT2D eigenvalue weighted by Gasteiger charge is -2.15. The first kappa shape index (κ1) is 13.0. The van der Waals surface area contributed by atoms with Gasteiger partial charge in [0.15, 0.2) is 0 Å². The number of carbonyl (C=O) groups is 2. The van der Waals surface area contributed by atoms with Crippen molar-refractivity contribution in [2.45, 2.75) is 25.3 Å². The summed E-state index contributed by atoms with van der Waals surface area (Å²) in [5.41, 5.74) is 0.439. The summed E-state index contributed by atoms with van der Waals surface area (Å²) in [6, 6.07) is 2.90. The Kier molecular flexibility index (Phi) is 4.30. The van der Waals surface area contributed by atoms with Gasteiger partial charge in [-0.15, -0.1) is 0 Å². The molecule has 1 saturated heterocycles. The number of rotatable bonds is 2. The van der Waals surface area contributed by atoms with Crippen LogP contribution in [0, 0.1) is 0 Å². The van der Waals surface area contributed by atoms with Crippen molar-refractivity contribution in [3.05, 3.63) is 28.5 Å². The number of amides is 2. The van der Waals surface area contributed by atoms with E-state index >= 15 is 0 Å². The second-order valence-electron chi connectivity index (χ2n) is 4.15. The van der Waals surface area contributed by atoms with E-state index in [0.717, 1.165) is 12.8 Å². The molecule has 0 spiro atoms. The topological polar surface area (TPSA) is 71.1 Å². The predicted octanol–water partition coefficient (Wildman–Crippen LogP) is 1.24. The monoisotopic (exact) mass is 311 g/mol. The fraction of sp³-hybridized carbons (Fsp3) is 0.417. The number of carbonyl (C=O) groups excluding carboxylic acids is 2. The molecule has 2 N–H and O–H groups in total. The van der Waals surface area contributed by atoms with Crippen LogP contribution in [0.2, 0.25) is 0 Å². The molecule has 0 bridgehead atoms. The minimum atomic E-state index is -0.452. The van der Waals surface area contributed by atoms with Crippen LogP contribution in [-0.4, -0.2) is 29.4 Å². The summed E-state index contributed by atoms with van der Waals surface area (Å²) in [5, 5.41) is 5.53. The van der Waals surface area contributed by atoms with Gasteiger partial charge in [-0.3, -0.25) is 9.59 Å². The minimum Gasteiger partial charge on any atom is -0.354 e. The van der Waals surface area contributed by atoms with Gasteiger partial charge in [0, 0.05) is 12.7 Å². The molecule has 1 fully saturated rings. The van der Waals surface area contributed by atoms with E-state index in [1.807, 2.05) is 0 Å². The van der Waals surface area contributed by atoms with Crippen molar-refractivity contribution < 1.29 is 9.59 Å². The number of hydrogen-bond donors (Lipinski definition) is 2. The molecule has 5 nitrogen and oxygen atoms in total. The van der Waals surface area contributed by atoms with E-state index < -0.39 is 6.04 Å². The van der Waals surface area contributed by atoms with Gasteiger partial charge in [-0.2, -0.15) is 0 Å². The third-order valence-electron chi connectivity index (χ3n) is 2.84. The molecule has 6 heteroatoms. The zero-order chi connectivity index (χ0) is 13.0. The quantitative estimate of drug-likeness (QED) is 0.807. The van der Waals surface area contributed by atoms with E-state index in [4.69, 9.17) is 0 Å². The maximum Gasteiger partial charge on any atom is 0.254 e. The van der Waals surface area contributed by atoms with Gasteiger partial charge in [0.25, 0.3) is 5.91 Å². The van der Waals surface area contributed by atoms with Crippen molar-refractivity contribution in [2.75, 3.05) is 6.54 Å². The zero-order valence-electron chi connectivity index (χ0n) is 9.78. The lowest BCUT2D eigenvalue weighted by atomic mass is 10.1. The molecular weight excluding hydrogens is 298 g/mol. The Labute approximate surface area is 113 Å². The van der Waals surface area contributed by atoms with Crippen LogP contribution in [0.15, 0.2) is 22.9 Å². The smallest absolute Gasteiger partial charge is 0.254 e. The largest absolute Gasteiger partial charge is 0.354 e. The molecule has 0 radical (unpaired) electrons. The van der Waals surface area contributed by atoms with Crippen LogP contribution >= 0.6 is 15.9 Å². The van der Waals surface area contributed by atoms with Crippen LogP contribution < -0.4 is 10.6 Å². The van der Waals surface area contributed by atoms with Gasteiger partial charge >= 0.3 is 0 Å². The number of halogens is 1. The summed E-state index contributed by atoms with van der Waals surface area (Å²) in [4.78, 5) is 27.7. The number of nitrogens with one attached hydrogen (secondary N) is 2. The second kappa shape index (κ2) is 5.95. The third kappa shape index (κ3) is 3.07. The standard InChI is InChI=1S/C12H14BrN3O2/c13-10-8(4-3-7-14-10)11(17)16-9-5-1-2-6-15-12(9)18/h3-4,7,9H,1-2,5-6H2,(H,15,18)(H,16,17). The first-order chi connectivity index (χ1) is 8.68. The highest BCUT2D eigenvalue weighted by Gasteiger charge is 2.23. The molecule has 1 aromatic heterocycles. The van der Waals surface area contributed by atoms with E-state index in [2.05, 4.69) is 31.5 Å². The summed E-state index contributed by atoms with van der Waals surface area (Å²) in [5.74, 6) is -0.391. The highest BCUT2D eigenvalue weighted by Crippen LogP contribution is 2.13. The Morgan fingerprint density at radius 1 is 1.50 bits per heavy atom. The maximum absolute atomic E-state index is 12.0. The van der Waals surface area contributed by atoms with Crippen molar-refractivity contribution in [3.63, 3.8) is 0 Å². The van der Waals surface area contributed by atoms with Gasteiger partial charge in [0.2, 0.25) is 5.91 Å². The molecule has 0 saturated carbocycles. The molecule has 2 heterocycles. The first-order valence-corrected chi connectivity index (χ1v) is 6.67. The van der Waals surface area contributed by atoms with Crippen molar-refractivity contribution >= 4 is 27.7 Å². The molecule has 1 atom stereocenters. The highest BCUT2D eigenvalue weighted by atomic mass is 79.9. The molecule has 1 aliphatic heterocycles. The first-order valence-electron chi connectivity index (χ1n) is 5.87. The lowest BCUT2D eigenvalue weighted by Crippen LogP contribution is -2.45. The summed E-state index contributed by atoms with van der Waals surface area (Å²) < 4.78 is 0.483. The third-order valence-corrected chi connectivity index (χ3v) is 3.48. The van der Waals surface area contributed by atoms with E-state index in [0.29, 0.717) is 23.1 Å². The molecule has 1 aromatic rings. The van der Waals surface area contributed by atoms with Crippen LogP contribution in [-0.2, 0) is 4.79 Å². The van der Waals surface area contributed by atoms with Crippen LogP contribution in [0.3, 0.4) is 0 Å². The molecule has 96 valence electrons. The van der Waals surface area contributed by atoms with Gasteiger partial charge < -0.3 is 10.6 Å². The fourth-order valence-electron chi connectivity index (χ4n) is 1.87. The number of nitrogens with zero attached hydrogens (tertiary/aromatic N) is 1. The van der Waals surface area contributed by atoms with Crippen LogP contribution in [0.5, 0.6) is 0 Å². The lowest BCUT2D eigenvalue weighted by molar-refractivity contribution is -0.122. The molecule has 2 rings (SSSR count).